The summed E-state index contributed by atoms with van der Waals surface area (Å²) in [5.41, 5.74) is 0.798. The van der Waals surface area contributed by atoms with Crippen LogP contribution in [-0.2, 0) is 6.54 Å². The maximum Gasteiger partial charge on any atom is 0.305 e. The Balaban J connectivity index is 2.08. The molecule has 20 heavy (non-hydrogen) atoms. The molecule has 104 valence electrons. The van der Waals surface area contributed by atoms with Crippen LogP contribution < -0.4 is 5.32 Å². The molecule has 0 saturated heterocycles. The molecule has 0 aliphatic rings. The van der Waals surface area contributed by atoms with Crippen molar-refractivity contribution in [2.45, 2.75) is 19.5 Å². The number of pyridine rings is 1. The predicted octanol–water partition coefficient (Wildman–Crippen LogP) is 2.98. The number of benzene rings is 1. The molecule has 0 spiro atoms. The fourth-order valence-electron chi connectivity index (χ4n) is 1.88. The van der Waals surface area contributed by atoms with E-state index in [1.54, 1.807) is 12.4 Å². The second-order valence-electron chi connectivity index (χ2n) is 4.39. The highest BCUT2D eigenvalue weighted by molar-refractivity contribution is 5.36. The van der Waals surface area contributed by atoms with Gasteiger partial charge in [-0.3, -0.25) is 15.1 Å². The van der Waals surface area contributed by atoms with Crippen molar-refractivity contribution in [1.82, 2.24) is 10.3 Å². The number of rotatable bonds is 5. The highest BCUT2D eigenvalue weighted by Gasteiger charge is 2.17. The van der Waals surface area contributed by atoms with Crippen molar-refractivity contribution < 1.29 is 9.31 Å². The molecule has 6 heteroatoms. The molecule has 0 amide bonds. The van der Waals surface area contributed by atoms with Crippen LogP contribution in [0, 0.1) is 15.9 Å². The fourth-order valence-corrected chi connectivity index (χ4v) is 1.88. The Kier molecular flexibility index (Phi) is 4.37. The minimum atomic E-state index is -0.785. The van der Waals surface area contributed by atoms with Gasteiger partial charge < -0.3 is 5.32 Å². The summed E-state index contributed by atoms with van der Waals surface area (Å²) in [6, 6.07) is 7.90. The molecule has 2 rings (SSSR count). The van der Waals surface area contributed by atoms with Gasteiger partial charge in [-0.05, 0) is 24.6 Å². The van der Waals surface area contributed by atoms with E-state index in [2.05, 4.69) is 10.3 Å². The summed E-state index contributed by atoms with van der Waals surface area (Å²) in [4.78, 5) is 13.9. The molecular formula is C14H14FN3O2. The quantitative estimate of drug-likeness (QED) is 0.672. The van der Waals surface area contributed by atoms with Crippen LogP contribution in [-0.4, -0.2) is 9.91 Å². The Morgan fingerprint density at radius 3 is 2.70 bits per heavy atom. The molecule has 5 nitrogen and oxygen atoms in total. The minimum absolute atomic E-state index is 0.00309. The van der Waals surface area contributed by atoms with E-state index < -0.39 is 16.4 Å². The number of nitrogens with one attached hydrogen (secondary N) is 1. The number of nitrogens with zero attached hydrogens (tertiary/aromatic N) is 2. The number of hydrogen-bond donors (Lipinski definition) is 1. The van der Waals surface area contributed by atoms with Gasteiger partial charge in [0.25, 0.3) is 0 Å². The van der Waals surface area contributed by atoms with E-state index in [-0.39, 0.29) is 18.2 Å². The van der Waals surface area contributed by atoms with E-state index in [0.29, 0.717) is 0 Å². The number of nitro benzene ring substituents is 1. The van der Waals surface area contributed by atoms with Gasteiger partial charge in [-0.2, -0.15) is 4.39 Å². The zero-order valence-corrected chi connectivity index (χ0v) is 10.9. The molecule has 0 fully saturated rings. The fraction of sp³-hybridized carbons (Fsp3) is 0.214. The molecule has 0 aliphatic carbocycles. The predicted molar refractivity (Wildman–Crippen MR) is 72.5 cm³/mol. The van der Waals surface area contributed by atoms with E-state index in [0.717, 1.165) is 11.6 Å². The number of aromatic nitrogens is 1. The number of hydrogen-bond acceptors (Lipinski definition) is 4. The van der Waals surface area contributed by atoms with Crippen molar-refractivity contribution in [3.05, 3.63) is 69.8 Å². The Morgan fingerprint density at radius 2 is 2.05 bits per heavy atom. The second-order valence-corrected chi connectivity index (χ2v) is 4.39. The van der Waals surface area contributed by atoms with Gasteiger partial charge in [-0.1, -0.05) is 12.1 Å². The molecule has 1 heterocycles. The van der Waals surface area contributed by atoms with E-state index in [1.165, 1.54) is 12.1 Å². The Hall–Kier alpha value is -2.34. The normalized spacial score (nSPS) is 12.1. The maximum absolute atomic E-state index is 13.9. The molecule has 2 aromatic rings. The summed E-state index contributed by atoms with van der Waals surface area (Å²) in [6.45, 7) is 2.15. The van der Waals surface area contributed by atoms with Crippen LogP contribution >= 0.6 is 0 Å². The topological polar surface area (TPSA) is 68.1 Å². The first-order chi connectivity index (χ1) is 9.59. The van der Waals surface area contributed by atoms with Crippen LogP contribution in [0.5, 0.6) is 0 Å². The molecule has 0 unspecified atom stereocenters. The summed E-state index contributed by atoms with van der Waals surface area (Å²) < 4.78 is 13.9. The zero-order valence-electron chi connectivity index (χ0n) is 10.9. The standard InChI is InChI=1S/C14H14FN3O2/c1-10(11-5-7-16-8-6-11)17-9-12-3-2-4-13(14(12)15)18(19)20/h2-8,10,17H,9H2,1H3/t10-/m0/s1. The SMILES string of the molecule is C[C@H](NCc1cccc([N+](=O)[O-])c1F)c1ccncc1. The van der Waals surface area contributed by atoms with E-state index >= 15 is 0 Å². The second kappa shape index (κ2) is 6.21. The lowest BCUT2D eigenvalue weighted by Crippen LogP contribution is -2.19. The molecule has 0 saturated carbocycles. The van der Waals surface area contributed by atoms with Crippen LogP contribution in [0.1, 0.15) is 24.1 Å². The summed E-state index contributed by atoms with van der Waals surface area (Å²) in [7, 11) is 0. The maximum atomic E-state index is 13.9. The lowest BCUT2D eigenvalue weighted by molar-refractivity contribution is -0.387. The lowest BCUT2D eigenvalue weighted by Gasteiger charge is -2.14. The molecular weight excluding hydrogens is 261 g/mol. The largest absolute Gasteiger partial charge is 0.306 e. The van der Waals surface area contributed by atoms with Gasteiger partial charge in [0.1, 0.15) is 0 Å². The van der Waals surface area contributed by atoms with Gasteiger partial charge in [0.05, 0.1) is 4.92 Å². The van der Waals surface area contributed by atoms with Crippen molar-refractivity contribution >= 4 is 5.69 Å². The lowest BCUT2D eigenvalue weighted by atomic mass is 10.1. The van der Waals surface area contributed by atoms with Gasteiger partial charge in [-0.15, -0.1) is 0 Å². The smallest absolute Gasteiger partial charge is 0.305 e. The Morgan fingerprint density at radius 1 is 1.35 bits per heavy atom. The highest BCUT2D eigenvalue weighted by atomic mass is 19.1. The summed E-state index contributed by atoms with van der Waals surface area (Å²) in [5.74, 6) is -0.785. The van der Waals surface area contributed by atoms with Crippen LogP contribution in [0.25, 0.3) is 0 Å². The van der Waals surface area contributed by atoms with Crippen LogP contribution in [0.4, 0.5) is 10.1 Å². The van der Waals surface area contributed by atoms with E-state index in [9.17, 15) is 14.5 Å². The Labute approximate surface area is 115 Å². The van der Waals surface area contributed by atoms with Gasteiger partial charge >= 0.3 is 5.69 Å². The first-order valence-electron chi connectivity index (χ1n) is 6.14. The highest BCUT2D eigenvalue weighted by Crippen LogP contribution is 2.21. The molecule has 1 aromatic carbocycles. The average Bonchev–Trinajstić information content (AvgIpc) is 2.46. The summed E-state index contributed by atoms with van der Waals surface area (Å²) in [5, 5.41) is 13.8. The number of halogens is 1. The van der Waals surface area contributed by atoms with Crippen molar-refractivity contribution in [2.24, 2.45) is 0 Å². The zero-order chi connectivity index (χ0) is 14.5. The van der Waals surface area contributed by atoms with E-state index in [4.69, 9.17) is 0 Å². The third kappa shape index (κ3) is 3.16. The first-order valence-corrected chi connectivity index (χ1v) is 6.14. The van der Waals surface area contributed by atoms with Crippen LogP contribution in [0.15, 0.2) is 42.7 Å². The summed E-state index contributed by atoms with van der Waals surface area (Å²) in [6.07, 6.45) is 3.36. The third-order valence-corrected chi connectivity index (χ3v) is 3.06. The molecule has 1 N–H and O–H groups in total. The summed E-state index contributed by atoms with van der Waals surface area (Å²) >= 11 is 0. The molecule has 1 aromatic heterocycles. The van der Waals surface area contributed by atoms with Crippen molar-refractivity contribution in [3.8, 4) is 0 Å². The van der Waals surface area contributed by atoms with Crippen molar-refractivity contribution in [1.29, 1.82) is 0 Å². The number of nitro groups is 1. The molecule has 0 aliphatic heterocycles. The van der Waals surface area contributed by atoms with Gasteiger partial charge in [0.2, 0.25) is 5.82 Å². The molecule has 0 radical (unpaired) electrons. The molecule has 1 atom stereocenters. The Bertz CT molecular complexity index is 605. The van der Waals surface area contributed by atoms with Gasteiger partial charge in [-0.25, -0.2) is 0 Å². The van der Waals surface area contributed by atoms with Gasteiger partial charge in [0.15, 0.2) is 0 Å². The van der Waals surface area contributed by atoms with Crippen LogP contribution in [0.2, 0.25) is 0 Å². The van der Waals surface area contributed by atoms with Gasteiger partial charge in [0, 0.05) is 36.6 Å². The van der Waals surface area contributed by atoms with E-state index in [1.807, 2.05) is 19.1 Å². The van der Waals surface area contributed by atoms with Crippen LogP contribution in [0.3, 0.4) is 0 Å². The minimum Gasteiger partial charge on any atom is -0.306 e. The third-order valence-electron chi connectivity index (χ3n) is 3.06. The van der Waals surface area contributed by atoms with Crippen molar-refractivity contribution in [2.75, 3.05) is 0 Å². The average molecular weight is 275 g/mol. The monoisotopic (exact) mass is 275 g/mol. The van der Waals surface area contributed by atoms with Crippen molar-refractivity contribution in [3.63, 3.8) is 0 Å². The first kappa shape index (κ1) is 14.1. The molecule has 0 bridgehead atoms.